The van der Waals surface area contributed by atoms with Gasteiger partial charge in [-0.15, -0.1) is 11.3 Å². The number of nitrogens with zero attached hydrogens (tertiary/aromatic N) is 2. The van der Waals surface area contributed by atoms with Crippen LogP contribution in [0.2, 0.25) is 0 Å². The minimum absolute atomic E-state index is 0.0557. The molecule has 0 fully saturated rings. The Bertz CT molecular complexity index is 1120. The molecule has 1 aromatic heterocycles. The van der Waals surface area contributed by atoms with E-state index in [-0.39, 0.29) is 12.5 Å². The standard InChI is InChI=1S/C28H32N2O4S/c1-5-6-16-28(19(2)15-17-30(28)18-24(31)32)27-29-25(20-7-11-22(33-3)12-8-20)26(35-27)21-9-13-23(34-4)14-10-21/h7-15,17,19H,5-6,16,18H2,1-4H3,(H,31,32). The number of hydrogen-bond donors (Lipinski definition) is 1. The molecule has 7 heteroatoms. The normalized spacial score (nSPS) is 19.2. The number of carbonyl (C=O) groups is 1. The van der Waals surface area contributed by atoms with Gasteiger partial charge in [-0.3, -0.25) is 4.79 Å². The molecular weight excluding hydrogens is 460 g/mol. The van der Waals surface area contributed by atoms with E-state index in [0.717, 1.165) is 57.5 Å². The first-order valence-electron chi connectivity index (χ1n) is 11.9. The summed E-state index contributed by atoms with van der Waals surface area (Å²) in [7, 11) is 3.31. The van der Waals surface area contributed by atoms with Gasteiger partial charge in [0.15, 0.2) is 0 Å². The first-order chi connectivity index (χ1) is 16.9. The van der Waals surface area contributed by atoms with Gasteiger partial charge in [0.2, 0.25) is 0 Å². The molecule has 3 aromatic rings. The van der Waals surface area contributed by atoms with E-state index in [1.54, 1.807) is 25.6 Å². The van der Waals surface area contributed by atoms with Gasteiger partial charge in [0, 0.05) is 11.5 Å². The molecule has 1 aliphatic heterocycles. The van der Waals surface area contributed by atoms with Gasteiger partial charge in [-0.05, 0) is 66.7 Å². The van der Waals surface area contributed by atoms with E-state index in [2.05, 4.69) is 19.9 Å². The first-order valence-corrected chi connectivity index (χ1v) is 12.7. The minimum Gasteiger partial charge on any atom is -0.497 e. The van der Waals surface area contributed by atoms with Gasteiger partial charge in [0.1, 0.15) is 23.1 Å². The average Bonchev–Trinajstić information content (AvgIpc) is 3.45. The quantitative estimate of drug-likeness (QED) is 0.352. The Hall–Kier alpha value is -3.32. The van der Waals surface area contributed by atoms with Crippen LogP contribution in [0, 0.1) is 5.92 Å². The van der Waals surface area contributed by atoms with E-state index in [1.807, 2.05) is 59.6 Å². The zero-order chi connectivity index (χ0) is 25.0. The number of aromatic nitrogens is 1. The van der Waals surface area contributed by atoms with Crippen molar-refractivity contribution in [2.75, 3.05) is 20.8 Å². The van der Waals surface area contributed by atoms with Gasteiger partial charge in [-0.2, -0.15) is 0 Å². The fraction of sp³-hybridized carbons (Fsp3) is 0.357. The third kappa shape index (κ3) is 4.78. The molecule has 2 heterocycles. The summed E-state index contributed by atoms with van der Waals surface area (Å²) in [6.07, 6.45) is 6.90. The Balaban J connectivity index is 1.89. The largest absolute Gasteiger partial charge is 0.497 e. The van der Waals surface area contributed by atoms with Gasteiger partial charge in [0.05, 0.1) is 30.3 Å². The van der Waals surface area contributed by atoms with Crippen LogP contribution in [-0.2, 0) is 10.3 Å². The van der Waals surface area contributed by atoms with Crippen LogP contribution in [0.15, 0.2) is 60.8 Å². The van der Waals surface area contributed by atoms with Crippen molar-refractivity contribution in [3.63, 3.8) is 0 Å². The van der Waals surface area contributed by atoms with E-state index in [1.165, 1.54) is 0 Å². The SMILES string of the molecule is CCCCC1(c2nc(-c3ccc(OC)cc3)c(-c3ccc(OC)cc3)s2)C(C)C=CN1CC(=O)O. The Labute approximate surface area is 210 Å². The number of aliphatic carboxylic acids is 1. The van der Waals surface area contributed by atoms with Crippen molar-refractivity contribution in [3.8, 4) is 33.2 Å². The summed E-state index contributed by atoms with van der Waals surface area (Å²) in [5.41, 5.74) is 2.44. The van der Waals surface area contributed by atoms with Crippen LogP contribution in [-0.4, -0.2) is 41.7 Å². The predicted molar refractivity (Wildman–Crippen MR) is 140 cm³/mol. The molecule has 0 spiro atoms. The van der Waals surface area contributed by atoms with Crippen molar-refractivity contribution in [2.45, 2.75) is 38.6 Å². The van der Waals surface area contributed by atoms with Crippen LogP contribution in [0.3, 0.4) is 0 Å². The molecule has 0 radical (unpaired) electrons. The number of ether oxygens (including phenoxy) is 2. The Morgan fingerprint density at radius 3 is 2.20 bits per heavy atom. The number of benzene rings is 2. The number of carboxylic acids is 1. The second-order valence-corrected chi connectivity index (χ2v) is 9.83. The van der Waals surface area contributed by atoms with E-state index < -0.39 is 11.5 Å². The van der Waals surface area contributed by atoms with Crippen molar-refractivity contribution in [2.24, 2.45) is 5.92 Å². The number of unbranched alkanes of at least 4 members (excludes halogenated alkanes) is 1. The molecule has 1 aliphatic rings. The summed E-state index contributed by atoms with van der Waals surface area (Å²) in [6, 6.07) is 15.9. The van der Waals surface area contributed by atoms with Crippen LogP contribution in [0.1, 0.15) is 38.1 Å². The van der Waals surface area contributed by atoms with Crippen LogP contribution >= 0.6 is 11.3 Å². The first kappa shape index (κ1) is 24.8. The molecule has 6 nitrogen and oxygen atoms in total. The summed E-state index contributed by atoms with van der Waals surface area (Å²) in [5.74, 6) is 0.875. The summed E-state index contributed by atoms with van der Waals surface area (Å²) in [4.78, 5) is 20.0. The van der Waals surface area contributed by atoms with E-state index >= 15 is 0 Å². The topological polar surface area (TPSA) is 71.9 Å². The Morgan fingerprint density at radius 1 is 1.06 bits per heavy atom. The van der Waals surface area contributed by atoms with Crippen LogP contribution in [0.4, 0.5) is 0 Å². The summed E-state index contributed by atoms with van der Waals surface area (Å²) in [5, 5.41) is 10.6. The molecule has 0 saturated carbocycles. The zero-order valence-corrected chi connectivity index (χ0v) is 21.5. The molecule has 35 heavy (non-hydrogen) atoms. The summed E-state index contributed by atoms with van der Waals surface area (Å²) < 4.78 is 10.7. The molecule has 1 N–H and O–H groups in total. The molecule has 4 rings (SSSR count). The van der Waals surface area contributed by atoms with Gasteiger partial charge < -0.3 is 19.5 Å². The summed E-state index contributed by atoms with van der Waals surface area (Å²) >= 11 is 1.65. The third-order valence-corrected chi connectivity index (χ3v) is 8.02. The van der Waals surface area contributed by atoms with Crippen LogP contribution in [0.25, 0.3) is 21.7 Å². The van der Waals surface area contributed by atoms with Crippen molar-refractivity contribution in [1.82, 2.24) is 9.88 Å². The maximum atomic E-state index is 11.8. The lowest BCUT2D eigenvalue weighted by Crippen LogP contribution is -2.46. The number of hydrogen-bond acceptors (Lipinski definition) is 6. The van der Waals surface area contributed by atoms with Crippen molar-refractivity contribution >= 4 is 17.3 Å². The van der Waals surface area contributed by atoms with Crippen molar-refractivity contribution in [3.05, 3.63) is 65.8 Å². The van der Waals surface area contributed by atoms with E-state index in [0.29, 0.717) is 0 Å². The Morgan fingerprint density at radius 2 is 1.66 bits per heavy atom. The lowest BCUT2D eigenvalue weighted by atomic mass is 9.82. The third-order valence-electron chi connectivity index (χ3n) is 6.75. The van der Waals surface area contributed by atoms with Crippen LogP contribution in [0.5, 0.6) is 11.5 Å². The molecule has 0 aliphatic carbocycles. The zero-order valence-electron chi connectivity index (χ0n) is 20.7. The molecule has 2 unspecified atom stereocenters. The van der Waals surface area contributed by atoms with Gasteiger partial charge >= 0.3 is 5.97 Å². The highest BCUT2D eigenvalue weighted by molar-refractivity contribution is 7.15. The fourth-order valence-electron chi connectivity index (χ4n) is 4.76. The molecule has 0 amide bonds. The molecule has 2 atom stereocenters. The van der Waals surface area contributed by atoms with E-state index in [9.17, 15) is 9.90 Å². The lowest BCUT2D eigenvalue weighted by Gasteiger charge is -2.40. The second kappa shape index (κ2) is 10.5. The Kier molecular flexibility index (Phi) is 7.45. The summed E-state index contributed by atoms with van der Waals surface area (Å²) in [6.45, 7) is 4.27. The van der Waals surface area contributed by atoms with Crippen LogP contribution < -0.4 is 9.47 Å². The number of methoxy groups -OCH3 is 2. The average molecular weight is 493 g/mol. The fourth-order valence-corrected chi connectivity index (χ4v) is 6.18. The van der Waals surface area contributed by atoms with Gasteiger partial charge in [-0.25, -0.2) is 4.98 Å². The highest BCUT2D eigenvalue weighted by Crippen LogP contribution is 2.50. The highest BCUT2D eigenvalue weighted by atomic mass is 32.1. The number of carboxylic acid groups (broad SMARTS) is 1. The van der Waals surface area contributed by atoms with Crippen molar-refractivity contribution in [1.29, 1.82) is 0 Å². The maximum absolute atomic E-state index is 11.8. The number of rotatable bonds is 10. The highest BCUT2D eigenvalue weighted by Gasteiger charge is 2.47. The lowest BCUT2D eigenvalue weighted by molar-refractivity contribution is -0.139. The molecule has 0 bridgehead atoms. The van der Waals surface area contributed by atoms with Crippen molar-refractivity contribution < 1.29 is 19.4 Å². The number of thiazole rings is 1. The monoisotopic (exact) mass is 492 g/mol. The minimum atomic E-state index is -0.841. The maximum Gasteiger partial charge on any atom is 0.323 e. The van der Waals surface area contributed by atoms with Gasteiger partial charge in [-0.1, -0.05) is 32.8 Å². The smallest absolute Gasteiger partial charge is 0.323 e. The molecule has 184 valence electrons. The van der Waals surface area contributed by atoms with Gasteiger partial charge in [0.25, 0.3) is 0 Å². The van der Waals surface area contributed by atoms with E-state index in [4.69, 9.17) is 14.5 Å². The molecule has 2 aromatic carbocycles. The predicted octanol–water partition coefficient (Wildman–Crippen LogP) is 6.43. The molecular formula is C28H32N2O4S. The second-order valence-electron chi connectivity index (χ2n) is 8.83. The molecule has 0 saturated heterocycles.